The van der Waals surface area contributed by atoms with Gasteiger partial charge in [-0.25, -0.2) is 14.2 Å². The van der Waals surface area contributed by atoms with E-state index in [-0.39, 0.29) is 12.4 Å². The molecule has 5 rings (SSSR count). The van der Waals surface area contributed by atoms with E-state index in [0.717, 1.165) is 21.3 Å². The van der Waals surface area contributed by atoms with Gasteiger partial charge in [-0.15, -0.1) is 0 Å². The Morgan fingerprint density at radius 2 is 1.72 bits per heavy atom. The monoisotopic (exact) mass is 432 g/mol. The predicted octanol–water partition coefficient (Wildman–Crippen LogP) is 2.31. The smallest absolute Gasteiger partial charge is 0.297 e. The molecule has 2 aromatic carbocycles. The van der Waals surface area contributed by atoms with Gasteiger partial charge < -0.3 is 0 Å². The minimum Gasteiger partial charge on any atom is -0.297 e. The van der Waals surface area contributed by atoms with Crippen molar-refractivity contribution in [2.45, 2.75) is 20.0 Å². The molecule has 0 aliphatic carbocycles. The molecule has 0 saturated carbocycles. The van der Waals surface area contributed by atoms with Crippen molar-refractivity contribution in [1.29, 1.82) is 0 Å². The minimum atomic E-state index is -0.442. The summed E-state index contributed by atoms with van der Waals surface area (Å²) in [4.78, 5) is 30.1. The van der Waals surface area contributed by atoms with Crippen molar-refractivity contribution in [1.82, 2.24) is 18.7 Å². The highest BCUT2D eigenvalue weighted by atomic mass is 19.1. The molecule has 0 saturated heterocycles. The van der Waals surface area contributed by atoms with Crippen LogP contribution in [0.4, 0.5) is 10.3 Å². The molecule has 0 N–H and O–H groups in total. The van der Waals surface area contributed by atoms with E-state index in [1.807, 2.05) is 31.2 Å². The Balaban J connectivity index is 1.74. The predicted molar refractivity (Wildman–Crippen MR) is 121 cm³/mol. The van der Waals surface area contributed by atoms with Crippen molar-refractivity contribution in [3.05, 3.63) is 91.9 Å². The van der Waals surface area contributed by atoms with Crippen LogP contribution in [0.25, 0.3) is 11.2 Å². The largest absolute Gasteiger partial charge is 0.332 e. The molecule has 0 spiro atoms. The molecule has 1 aliphatic heterocycles. The van der Waals surface area contributed by atoms with Crippen molar-refractivity contribution < 1.29 is 4.39 Å². The summed E-state index contributed by atoms with van der Waals surface area (Å²) in [5.41, 5.74) is 3.34. The average molecular weight is 432 g/mol. The van der Waals surface area contributed by atoms with E-state index in [2.05, 4.69) is 4.98 Å². The zero-order chi connectivity index (χ0) is 22.6. The summed E-state index contributed by atoms with van der Waals surface area (Å²) in [7, 11) is 3.05. The molecule has 162 valence electrons. The van der Waals surface area contributed by atoms with Gasteiger partial charge in [0.1, 0.15) is 5.82 Å². The third-order valence-corrected chi connectivity index (χ3v) is 5.87. The fraction of sp³-hybridized carbons (Fsp3) is 0.217. The van der Waals surface area contributed by atoms with Crippen LogP contribution in [0.1, 0.15) is 16.7 Å². The van der Waals surface area contributed by atoms with Crippen molar-refractivity contribution in [2.75, 3.05) is 5.01 Å². The first-order chi connectivity index (χ1) is 15.3. The van der Waals surface area contributed by atoms with Gasteiger partial charge in [0.2, 0.25) is 5.95 Å². The summed E-state index contributed by atoms with van der Waals surface area (Å²) in [5, 5.41) is 6.54. The Labute approximate surface area is 182 Å². The molecule has 0 fully saturated rings. The molecule has 3 heterocycles. The van der Waals surface area contributed by atoms with Crippen LogP contribution in [-0.4, -0.2) is 24.4 Å². The van der Waals surface area contributed by atoms with Gasteiger partial charge in [-0.3, -0.25) is 18.5 Å². The van der Waals surface area contributed by atoms with Crippen LogP contribution in [0.3, 0.4) is 0 Å². The highest BCUT2D eigenvalue weighted by Gasteiger charge is 2.28. The number of imidazole rings is 1. The SMILES string of the molecule is Cc1ccccc1CN1N=C(c2ccc(F)cc2)Cn2c1nc1c2c(=O)n(C)c(=O)n1C. The second kappa shape index (κ2) is 7.30. The lowest BCUT2D eigenvalue weighted by atomic mass is 10.1. The van der Waals surface area contributed by atoms with Gasteiger partial charge in [0.05, 0.1) is 18.8 Å². The number of halogens is 1. The van der Waals surface area contributed by atoms with Crippen molar-refractivity contribution >= 4 is 22.8 Å². The zero-order valence-corrected chi connectivity index (χ0v) is 17.9. The molecule has 0 bridgehead atoms. The second-order valence-electron chi connectivity index (χ2n) is 7.91. The Morgan fingerprint density at radius 1 is 1.00 bits per heavy atom. The van der Waals surface area contributed by atoms with Crippen LogP contribution in [0.5, 0.6) is 0 Å². The molecule has 1 aliphatic rings. The molecule has 2 aromatic heterocycles. The highest BCUT2D eigenvalue weighted by Crippen LogP contribution is 2.27. The van der Waals surface area contributed by atoms with Gasteiger partial charge in [-0.1, -0.05) is 36.4 Å². The van der Waals surface area contributed by atoms with Gasteiger partial charge in [-0.05, 0) is 35.7 Å². The first-order valence-electron chi connectivity index (χ1n) is 10.2. The number of hydrazone groups is 1. The van der Waals surface area contributed by atoms with Crippen molar-refractivity contribution in [3.63, 3.8) is 0 Å². The average Bonchev–Trinajstić information content (AvgIpc) is 3.18. The van der Waals surface area contributed by atoms with Crippen LogP contribution < -0.4 is 16.3 Å². The fourth-order valence-corrected chi connectivity index (χ4v) is 4.00. The van der Waals surface area contributed by atoms with E-state index in [1.165, 1.54) is 23.7 Å². The number of aromatic nitrogens is 4. The van der Waals surface area contributed by atoms with Crippen LogP contribution in [0, 0.1) is 12.7 Å². The number of anilines is 1. The molecule has 8 nitrogen and oxygen atoms in total. The number of hydrogen-bond donors (Lipinski definition) is 0. The summed E-state index contributed by atoms with van der Waals surface area (Å²) in [5.74, 6) is 0.145. The molecular formula is C23H21FN6O2. The molecule has 32 heavy (non-hydrogen) atoms. The lowest BCUT2D eigenvalue weighted by Gasteiger charge is -2.26. The number of nitrogens with zero attached hydrogens (tertiary/aromatic N) is 6. The fourth-order valence-electron chi connectivity index (χ4n) is 4.00. The Bertz CT molecular complexity index is 1510. The van der Waals surface area contributed by atoms with E-state index < -0.39 is 11.2 Å². The summed E-state index contributed by atoms with van der Waals surface area (Å²) in [6.45, 7) is 2.72. The first-order valence-corrected chi connectivity index (χ1v) is 10.2. The molecule has 0 amide bonds. The molecule has 0 unspecified atom stereocenters. The number of benzene rings is 2. The van der Waals surface area contributed by atoms with Crippen molar-refractivity contribution in [3.8, 4) is 0 Å². The third-order valence-electron chi connectivity index (χ3n) is 5.87. The molecule has 4 aromatic rings. The maximum absolute atomic E-state index is 13.5. The maximum atomic E-state index is 13.5. The second-order valence-corrected chi connectivity index (χ2v) is 7.91. The van der Waals surface area contributed by atoms with Gasteiger partial charge in [0.25, 0.3) is 5.56 Å². The third kappa shape index (κ3) is 3.05. The zero-order valence-electron chi connectivity index (χ0n) is 17.9. The highest BCUT2D eigenvalue weighted by molar-refractivity contribution is 6.02. The number of hydrogen-bond acceptors (Lipinski definition) is 5. The lowest BCUT2D eigenvalue weighted by Crippen LogP contribution is -2.38. The van der Waals surface area contributed by atoms with E-state index in [9.17, 15) is 14.0 Å². The first kappa shape index (κ1) is 19.9. The van der Waals surface area contributed by atoms with Crippen LogP contribution in [0.15, 0.2) is 63.2 Å². The van der Waals surface area contributed by atoms with Gasteiger partial charge >= 0.3 is 5.69 Å². The quantitative estimate of drug-likeness (QED) is 0.498. The van der Waals surface area contributed by atoms with Crippen LogP contribution in [-0.2, 0) is 27.2 Å². The van der Waals surface area contributed by atoms with Gasteiger partial charge in [0.15, 0.2) is 11.2 Å². The van der Waals surface area contributed by atoms with E-state index in [1.54, 1.807) is 28.8 Å². The molecule has 0 radical (unpaired) electrons. The Morgan fingerprint density at radius 3 is 2.44 bits per heavy atom. The Kier molecular flexibility index (Phi) is 4.54. The minimum absolute atomic E-state index is 0.273. The lowest BCUT2D eigenvalue weighted by molar-refractivity contribution is 0.627. The van der Waals surface area contributed by atoms with E-state index >= 15 is 0 Å². The summed E-state index contributed by atoms with van der Waals surface area (Å²) in [6.07, 6.45) is 0. The normalized spacial score (nSPS) is 13.4. The standard InChI is InChI=1S/C23H21FN6O2/c1-14-6-4-5-7-16(14)12-30-22-25-20-19(21(31)28(3)23(32)27(20)2)29(22)13-18(26-30)15-8-10-17(24)11-9-15/h4-11H,12-13H2,1-3H3. The topological polar surface area (TPSA) is 77.4 Å². The van der Waals surface area contributed by atoms with Crippen LogP contribution in [0.2, 0.25) is 0 Å². The van der Waals surface area contributed by atoms with E-state index in [4.69, 9.17) is 5.10 Å². The van der Waals surface area contributed by atoms with Crippen molar-refractivity contribution in [2.24, 2.45) is 19.2 Å². The van der Waals surface area contributed by atoms with Crippen LogP contribution >= 0.6 is 0 Å². The Hall–Kier alpha value is -4.01. The number of rotatable bonds is 3. The number of aryl methyl sites for hydroxylation is 2. The van der Waals surface area contributed by atoms with Gasteiger partial charge in [-0.2, -0.15) is 10.1 Å². The van der Waals surface area contributed by atoms with Gasteiger partial charge in [0, 0.05) is 14.1 Å². The van der Waals surface area contributed by atoms with E-state index in [0.29, 0.717) is 29.4 Å². The summed E-state index contributed by atoms with van der Waals surface area (Å²) < 4.78 is 17.7. The molecule has 0 atom stereocenters. The maximum Gasteiger partial charge on any atom is 0.332 e. The summed E-state index contributed by atoms with van der Waals surface area (Å²) >= 11 is 0. The number of fused-ring (bicyclic) bond motifs is 3. The molecular weight excluding hydrogens is 411 g/mol. The molecule has 9 heteroatoms. The summed E-state index contributed by atoms with van der Waals surface area (Å²) in [6, 6.07) is 14.1.